The number of methoxy groups -OCH3 is 1. The van der Waals surface area contributed by atoms with Crippen LogP contribution in [0.4, 0.5) is 5.69 Å². The number of rotatable bonds is 8. The van der Waals surface area contributed by atoms with E-state index in [4.69, 9.17) is 9.47 Å². The summed E-state index contributed by atoms with van der Waals surface area (Å²) in [6.45, 7) is 1.03. The number of amides is 1. The molecule has 1 N–H and O–H groups in total. The maximum Gasteiger partial charge on any atom is 0.250 e. The third-order valence-corrected chi connectivity index (χ3v) is 8.11. The van der Waals surface area contributed by atoms with Gasteiger partial charge < -0.3 is 14.8 Å². The summed E-state index contributed by atoms with van der Waals surface area (Å²) in [6.07, 6.45) is 2.70. The van der Waals surface area contributed by atoms with Crippen molar-refractivity contribution in [2.75, 3.05) is 32.1 Å². The minimum Gasteiger partial charge on any atom is -0.495 e. The fourth-order valence-electron chi connectivity index (χ4n) is 3.61. The number of carbonyl (C=O) groups excluding carboxylic acids is 1. The summed E-state index contributed by atoms with van der Waals surface area (Å²) in [6, 6.07) is 12.4. The number of sulfonamides is 1. The number of nitrogens with one attached hydrogen (secondary N) is 1. The third kappa shape index (κ3) is 5.09. The monoisotopic (exact) mass is 475 g/mol. The number of piperidine rings is 1. The van der Waals surface area contributed by atoms with Crippen molar-refractivity contribution >= 4 is 43.2 Å². The number of nitrogens with zero attached hydrogens (tertiary/aromatic N) is 2. The van der Waals surface area contributed by atoms with E-state index in [0.29, 0.717) is 18.8 Å². The fraction of sp³-hybridized carbons (Fsp3) is 0.364. The van der Waals surface area contributed by atoms with Gasteiger partial charge in [-0.15, -0.1) is 11.3 Å². The average Bonchev–Trinajstić information content (AvgIpc) is 3.22. The molecular weight excluding hydrogens is 450 g/mol. The molecule has 0 aliphatic carbocycles. The Bertz CT molecular complexity index is 1170. The zero-order chi connectivity index (χ0) is 22.6. The summed E-state index contributed by atoms with van der Waals surface area (Å²) in [5.74, 6) is -0.127. The lowest BCUT2D eigenvalue weighted by molar-refractivity contribution is -0.121. The minimum atomic E-state index is -3.71. The van der Waals surface area contributed by atoms with Gasteiger partial charge in [0.2, 0.25) is 15.9 Å². The van der Waals surface area contributed by atoms with E-state index >= 15 is 0 Å². The zero-order valence-electron chi connectivity index (χ0n) is 17.7. The Labute approximate surface area is 191 Å². The third-order valence-electron chi connectivity index (χ3n) is 5.18. The number of thiazole rings is 1. The van der Waals surface area contributed by atoms with Gasteiger partial charge in [-0.1, -0.05) is 18.6 Å². The number of carbonyl (C=O) groups is 1. The predicted octanol–water partition coefficient (Wildman–Crippen LogP) is 3.63. The van der Waals surface area contributed by atoms with Crippen LogP contribution in [0, 0.1) is 0 Å². The maximum atomic E-state index is 13.1. The Morgan fingerprint density at radius 2 is 1.94 bits per heavy atom. The van der Waals surface area contributed by atoms with Gasteiger partial charge in [0.15, 0.2) is 0 Å². The topological polar surface area (TPSA) is 97.8 Å². The quantitative estimate of drug-likeness (QED) is 0.534. The highest BCUT2D eigenvalue weighted by atomic mass is 32.2. The number of benzene rings is 2. The van der Waals surface area contributed by atoms with Crippen molar-refractivity contribution < 1.29 is 22.7 Å². The number of hydrogen-bond donors (Lipinski definition) is 1. The average molecular weight is 476 g/mol. The predicted molar refractivity (Wildman–Crippen MR) is 124 cm³/mol. The molecule has 1 fully saturated rings. The van der Waals surface area contributed by atoms with E-state index in [1.165, 1.54) is 28.8 Å². The van der Waals surface area contributed by atoms with Gasteiger partial charge in [-0.3, -0.25) is 4.79 Å². The number of para-hydroxylation sites is 1. The van der Waals surface area contributed by atoms with Gasteiger partial charge in [0.1, 0.15) is 22.3 Å². The van der Waals surface area contributed by atoms with Gasteiger partial charge in [0, 0.05) is 18.8 Å². The molecule has 1 aromatic heterocycles. The maximum absolute atomic E-state index is 13.1. The summed E-state index contributed by atoms with van der Waals surface area (Å²) < 4.78 is 39.5. The number of ether oxygens (including phenoxy) is 2. The van der Waals surface area contributed by atoms with Gasteiger partial charge in [-0.25, -0.2) is 13.4 Å². The highest BCUT2D eigenvalue weighted by molar-refractivity contribution is 7.89. The number of hydrogen-bond acceptors (Lipinski definition) is 7. The van der Waals surface area contributed by atoms with Crippen LogP contribution in [0.25, 0.3) is 10.2 Å². The van der Waals surface area contributed by atoms with Crippen molar-refractivity contribution in [2.45, 2.75) is 30.8 Å². The van der Waals surface area contributed by atoms with E-state index in [1.54, 1.807) is 12.1 Å². The van der Waals surface area contributed by atoms with Crippen LogP contribution < -0.4 is 10.1 Å². The van der Waals surface area contributed by atoms with Gasteiger partial charge in [-0.2, -0.15) is 4.31 Å². The molecule has 0 atom stereocenters. The number of aromatic nitrogens is 1. The van der Waals surface area contributed by atoms with Gasteiger partial charge in [0.05, 0.1) is 23.9 Å². The molecule has 0 saturated carbocycles. The van der Waals surface area contributed by atoms with E-state index in [-0.39, 0.29) is 29.8 Å². The van der Waals surface area contributed by atoms with E-state index < -0.39 is 10.0 Å². The molecule has 2 aromatic carbocycles. The second kappa shape index (κ2) is 9.95. The normalized spacial score (nSPS) is 15.0. The highest BCUT2D eigenvalue weighted by Crippen LogP contribution is 2.31. The molecule has 10 heteroatoms. The Balaban J connectivity index is 1.39. The van der Waals surface area contributed by atoms with Crippen LogP contribution in [0.1, 0.15) is 24.3 Å². The van der Waals surface area contributed by atoms with Crippen molar-refractivity contribution in [3.63, 3.8) is 0 Å². The number of fused-ring (bicyclic) bond motifs is 1. The molecule has 0 bridgehead atoms. The standard InChI is InChI=1S/C22H25N3O5S2/c1-29-18-10-9-16(13-20(18)32(27,28)25-11-5-2-6-12-25)23-21(26)14-30-15-22-24-17-7-3-4-8-19(17)31-22/h3-4,7-10,13H,2,5-6,11-12,14-15H2,1H3,(H,23,26). The van der Waals surface area contributed by atoms with Gasteiger partial charge >= 0.3 is 0 Å². The molecule has 0 unspecified atom stereocenters. The fourth-order valence-corrected chi connectivity index (χ4v) is 6.21. The van der Waals surface area contributed by atoms with E-state index in [0.717, 1.165) is 34.5 Å². The largest absolute Gasteiger partial charge is 0.495 e. The second-order valence-electron chi connectivity index (χ2n) is 7.45. The molecule has 170 valence electrons. The van der Waals surface area contributed by atoms with Crippen molar-refractivity contribution in [3.8, 4) is 5.75 Å². The summed E-state index contributed by atoms with van der Waals surface area (Å²) in [7, 11) is -2.28. The van der Waals surface area contributed by atoms with Crippen LogP contribution in [0.15, 0.2) is 47.4 Å². The van der Waals surface area contributed by atoms with Crippen molar-refractivity contribution in [1.82, 2.24) is 9.29 Å². The molecule has 32 heavy (non-hydrogen) atoms. The van der Waals surface area contributed by atoms with E-state index in [2.05, 4.69) is 10.3 Å². The molecular formula is C22H25N3O5S2. The van der Waals surface area contributed by atoms with Crippen LogP contribution in [0.5, 0.6) is 5.75 Å². The smallest absolute Gasteiger partial charge is 0.250 e. The molecule has 4 rings (SSSR count). The first-order valence-electron chi connectivity index (χ1n) is 10.4. The van der Waals surface area contributed by atoms with Gasteiger partial charge in [0.25, 0.3) is 0 Å². The zero-order valence-corrected chi connectivity index (χ0v) is 19.4. The first-order chi connectivity index (χ1) is 15.5. The van der Waals surface area contributed by atoms with Crippen LogP contribution in [-0.2, 0) is 26.2 Å². The molecule has 0 spiro atoms. The Hall–Kier alpha value is -2.53. The van der Waals surface area contributed by atoms with Gasteiger partial charge in [-0.05, 0) is 43.2 Å². The second-order valence-corrected chi connectivity index (χ2v) is 10.5. The van der Waals surface area contributed by atoms with Crippen LogP contribution >= 0.6 is 11.3 Å². The summed E-state index contributed by atoms with van der Waals surface area (Å²) in [5.41, 5.74) is 1.27. The molecule has 1 saturated heterocycles. The minimum absolute atomic E-state index is 0.0510. The first kappa shape index (κ1) is 22.7. The highest BCUT2D eigenvalue weighted by Gasteiger charge is 2.29. The van der Waals surface area contributed by atoms with Crippen LogP contribution in [-0.4, -0.2) is 50.4 Å². The van der Waals surface area contributed by atoms with E-state index in [1.807, 2.05) is 24.3 Å². The molecule has 2 heterocycles. The molecule has 8 nitrogen and oxygen atoms in total. The molecule has 0 radical (unpaired) electrons. The van der Waals surface area contributed by atoms with Crippen molar-refractivity contribution in [2.24, 2.45) is 0 Å². The number of anilines is 1. The summed E-state index contributed by atoms with van der Waals surface area (Å²) in [5, 5.41) is 3.49. The Morgan fingerprint density at radius 1 is 1.16 bits per heavy atom. The van der Waals surface area contributed by atoms with Crippen molar-refractivity contribution in [1.29, 1.82) is 0 Å². The molecule has 1 aliphatic rings. The molecule has 1 aliphatic heterocycles. The first-order valence-corrected chi connectivity index (χ1v) is 12.6. The summed E-state index contributed by atoms with van der Waals surface area (Å²) >= 11 is 1.52. The Morgan fingerprint density at radius 3 is 2.69 bits per heavy atom. The SMILES string of the molecule is COc1ccc(NC(=O)COCc2nc3ccccc3s2)cc1S(=O)(=O)N1CCCCC1. The van der Waals surface area contributed by atoms with E-state index in [9.17, 15) is 13.2 Å². The van der Waals surface area contributed by atoms with Crippen molar-refractivity contribution in [3.05, 3.63) is 47.5 Å². The Kier molecular flexibility index (Phi) is 7.04. The molecule has 3 aromatic rings. The lowest BCUT2D eigenvalue weighted by Gasteiger charge is -2.26. The summed E-state index contributed by atoms with van der Waals surface area (Å²) in [4.78, 5) is 16.9. The lowest BCUT2D eigenvalue weighted by atomic mass is 10.2. The van der Waals surface area contributed by atoms with Crippen LogP contribution in [0.3, 0.4) is 0 Å². The molecule has 1 amide bonds. The van der Waals surface area contributed by atoms with Crippen LogP contribution in [0.2, 0.25) is 0 Å². The lowest BCUT2D eigenvalue weighted by Crippen LogP contribution is -2.35.